The van der Waals surface area contributed by atoms with E-state index in [9.17, 15) is 5.11 Å². The fraction of sp³-hybridized carbons (Fsp3) is 0.458. The number of anilines is 1. The van der Waals surface area contributed by atoms with E-state index >= 15 is 0 Å². The molecule has 31 heavy (non-hydrogen) atoms. The van der Waals surface area contributed by atoms with E-state index in [0.717, 1.165) is 68.6 Å². The number of phenols is 1. The maximum atomic E-state index is 10.1. The molecule has 0 bridgehead atoms. The highest BCUT2D eigenvalue weighted by molar-refractivity contribution is 5.80. The first kappa shape index (κ1) is 22.7. The molecule has 1 saturated heterocycles. The second-order valence-corrected chi connectivity index (χ2v) is 7.45. The van der Waals surface area contributed by atoms with Crippen molar-refractivity contribution >= 4 is 11.6 Å². The van der Waals surface area contributed by atoms with E-state index in [0.29, 0.717) is 19.0 Å². The number of nitrogens with zero attached hydrogens (tertiary/aromatic N) is 3. The largest absolute Gasteiger partial charge is 0.506 e. The number of hydrogen-bond donors (Lipinski definition) is 2. The summed E-state index contributed by atoms with van der Waals surface area (Å²) in [5, 5.41) is 13.5. The van der Waals surface area contributed by atoms with Crippen LogP contribution in [0, 0.1) is 0 Å². The minimum absolute atomic E-state index is 0.339. The highest BCUT2D eigenvalue weighted by atomic mass is 16.5. The van der Waals surface area contributed by atoms with Crippen LogP contribution in [0.2, 0.25) is 0 Å². The van der Waals surface area contributed by atoms with Crippen LogP contribution in [0.5, 0.6) is 11.5 Å². The summed E-state index contributed by atoms with van der Waals surface area (Å²) >= 11 is 0. The van der Waals surface area contributed by atoms with Crippen LogP contribution >= 0.6 is 0 Å². The van der Waals surface area contributed by atoms with Gasteiger partial charge in [0.25, 0.3) is 0 Å². The van der Waals surface area contributed by atoms with Gasteiger partial charge in [0.2, 0.25) is 0 Å². The monoisotopic (exact) mass is 426 g/mol. The van der Waals surface area contributed by atoms with Gasteiger partial charge < -0.3 is 29.7 Å². The smallest absolute Gasteiger partial charge is 0.194 e. The molecule has 1 heterocycles. The number of aromatic hydroxyl groups is 1. The fourth-order valence-electron chi connectivity index (χ4n) is 3.58. The maximum absolute atomic E-state index is 10.1. The molecule has 2 aromatic carbocycles. The van der Waals surface area contributed by atoms with E-state index < -0.39 is 0 Å². The molecule has 2 N–H and O–H groups in total. The van der Waals surface area contributed by atoms with Crippen LogP contribution in [0.4, 0.5) is 5.69 Å². The van der Waals surface area contributed by atoms with Gasteiger partial charge in [0.05, 0.1) is 19.4 Å². The van der Waals surface area contributed by atoms with E-state index in [2.05, 4.69) is 22.0 Å². The number of benzene rings is 2. The van der Waals surface area contributed by atoms with E-state index in [1.54, 1.807) is 13.2 Å². The molecule has 168 valence electrons. The van der Waals surface area contributed by atoms with Gasteiger partial charge in [-0.2, -0.15) is 0 Å². The summed E-state index contributed by atoms with van der Waals surface area (Å²) in [4.78, 5) is 9.30. The van der Waals surface area contributed by atoms with E-state index in [4.69, 9.17) is 14.5 Å². The first-order chi connectivity index (χ1) is 15.2. The Bertz CT molecular complexity index is 818. The zero-order valence-electron chi connectivity index (χ0n) is 18.6. The molecule has 0 saturated carbocycles. The van der Waals surface area contributed by atoms with Crippen molar-refractivity contribution in [1.82, 2.24) is 10.2 Å². The van der Waals surface area contributed by atoms with E-state index in [-0.39, 0.29) is 0 Å². The third-order valence-corrected chi connectivity index (χ3v) is 5.27. The van der Waals surface area contributed by atoms with Crippen molar-refractivity contribution in [2.45, 2.75) is 20.0 Å². The molecule has 0 amide bonds. The van der Waals surface area contributed by atoms with E-state index in [1.807, 2.05) is 42.5 Å². The lowest BCUT2D eigenvalue weighted by Crippen LogP contribution is -2.52. The van der Waals surface area contributed by atoms with Crippen molar-refractivity contribution in [3.8, 4) is 11.5 Å². The molecule has 2 aromatic rings. The second-order valence-electron chi connectivity index (χ2n) is 7.45. The minimum Gasteiger partial charge on any atom is -0.506 e. The molecule has 1 aliphatic heterocycles. The summed E-state index contributed by atoms with van der Waals surface area (Å²) in [7, 11) is 1.67. The number of aliphatic imine (C=N–C) groups is 1. The van der Waals surface area contributed by atoms with Crippen molar-refractivity contribution in [3.05, 3.63) is 54.1 Å². The molecule has 0 unspecified atom stereocenters. The van der Waals surface area contributed by atoms with Gasteiger partial charge in [-0.15, -0.1) is 0 Å². The molecule has 0 spiro atoms. The van der Waals surface area contributed by atoms with Gasteiger partial charge in [-0.05, 0) is 43.2 Å². The fourth-order valence-corrected chi connectivity index (χ4v) is 3.58. The van der Waals surface area contributed by atoms with Crippen LogP contribution in [-0.4, -0.2) is 69.0 Å². The quantitative estimate of drug-likeness (QED) is 0.365. The number of hydrogen-bond acceptors (Lipinski definition) is 5. The van der Waals surface area contributed by atoms with Gasteiger partial charge in [-0.3, -0.25) is 4.99 Å². The first-order valence-corrected chi connectivity index (χ1v) is 11.0. The number of nitrogens with one attached hydrogen (secondary N) is 1. The van der Waals surface area contributed by atoms with Gasteiger partial charge >= 0.3 is 0 Å². The lowest BCUT2D eigenvalue weighted by Gasteiger charge is -2.37. The molecule has 3 rings (SSSR count). The number of piperazine rings is 1. The van der Waals surface area contributed by atoms with Gasteiger partial charge in [0, 0.05) is 45.9 Å². The summed E-state index contributed by atoms with van der Waals surface area (Å²) in [6, 6.07) is 15.5. The standard InChI is InChI=1S/C24H34N4O3/c1-3-25-24(26-13-6-18-31-19-20-9-11-21(30-2)12-10-20)28-16-14-27(15-17-28)22-7-4-5-8-23(22)29/h4-5,7-12,29H,3,6,13-19H2,1-2H3,(H,25,26). The lowest BCUT2D eigenvalue weighted by molar-refractivity contribution is 0.120. The summed E-state index contributed by atoms with van der Waals surface area (Å²) in [5.74, 6) is 2.15. The van der Waals surface area contributed by atoms with Gasteiger partial charge in [-0.1, -0.05) is 24.3 Å². The Balaban J connectivity index is 1.41. The van der Waals surface area contributed by atoms with Crippen molar-refractivity contribution in [2.75, 3.05) is 57.9 Å². The molecular weight excluding hydrogens is 392 g/mol. The van der Waals surface area contributed by atoms with Crippen LogP contribution in [0.25, 0.3) is 0 Å². The van der Waals surface area contributed by atoms with Crippen LogP contribution in [0.1, 0.15) is 18.9 Å². The highest BCUT2D eigenvalue weighted by Gasteiger charge is 2.21. The molecule has 7 nitrogen and oxygen atoms in total. The van der Waals surface area contributed by atoms with E-state index in [1.165, 1.54) is 0 Å². The third-order valence-electron chi connectivity index (χ3n) is 5.27. The maximum Gasteiger partial charge on any atom is 0.194 e. The number of ether oxygens (including phenoxy) is 2. The molecule has 1 fully saturated rings. The predicted molar refractivity (Wildman–Crippen MR) is 125 cm³/mol. The Morgan fingerprint density at radius 2 is 1.81 bits per heavy atom. The molecule has 7 heteroatoms. The summed E-state index contributed by atoms with van der Waals surface area (Å²) in [6.07, 6.45) is 0.878. The number of methoxy groups -OCH3 is 1. The van der Waals surface area contributed by atoms with Crippen LogP contribution in [0.15, 0.2) is 53.5 Å². The Morgan fingerprint density at radius 1 is 1.06 bits per heavy atom. The Labute approximate surface area is 185 Å². The Kier molecular flexibility index (Phi) is 8.84. The average Bonchev–Trinajstić information content (AvgIpc) is 2.81. The van der Waals surface area contributed by atoms with Gasteiger partial charge in [-0.25, -0.2) is 0 Å². The zero-order chi connectivity index (χ0) is 21.9. The second kappa shape index (κ2) is 12.1. The molecule has 1 aliphatic rings. The van der Waals surface area contributed by atoms with Crippen molar-refractivity contribution in [3.63, 3.8) is 0 Å². The third kappa shape index (κ3) is 6.79. The predicted octanol–water partition coefficient (Wildman–Crippen LogP) is 3.10. The van der Waals surface area contributed by atoms with Crippen LogP contribution in [0.3, 0.4) is 0 Å². The zero-order valence-corrected chi connectivity index (χ0v) is 18.6. The normalized spacial score (nSPS) is 14.6. The van der Waals surface area contributed by atoms with Crippen LogP contribution < -0.4 is 15.0 Å². The Hall–Kier alpha value is -2.93. The SMILES string of the molecule is CCNC(=NCCCOCc1ccc(OC)cc1)N1CCN(c2ccccc2O)CC1. The van der Waals surface area contributed by atoms with Crippen molar-refractivity contribution < 1.29 is 14.6 Å². The average molecular weight is 427 g/mol. The molecular formula is C24H34N4O3. The van der Waals surface area contributed by atoms with Crippen molar-refractivity contribution in [1.29, 1.82) is 0 Å². The Morgan fingerprint density at radius 3 is 2.48 bits per heavy atom. The van der Waals surface area contributed by atoms with Gasteiger partial charge in [0.15, 0.2) is 5.96 Å². The van der Waals surface area contributed by atoms with Crippen molar-refractivity contribution in [2.24, 2.45) is 4.99 Å². The summed E-state index contributed by atoms with van der Waals surface area (Å²) in [5.41, 5.74) is 2.04. The molecule has 0 aliphatic carbocycles. The molecule has 0 aromatic heterocycles. The lowest BCUT2D eigenvalue weighted by atomic mass is 10.2. The number of phenolic OH excluding ortho intramolecular Hbond substituents is 1. The highest BCUT2D eigenvalue weighted by Crippen LogP contribution is 2.27. The number of para-hydroxylation sites is 2. The number of guanidine groups is 1. The molecule has 0 radical (unpaired) electrons. The number of rotatable bonds is 9. The molecule has 0 atom stereocenters. The summed E-state index contributed by atoms with van der Waals surface area (Å²) < 4.78 is 11.0. The van der Waals surface area contributed by atoms with Gasteiger partial charge in [0.1, 0.15) is 11.5 Å². The topological polar surface area (TPSA) is 69.6 Å². The first-order valence-electron chi connectivity index (χ1n) is 11.0. The minimum atomic E-state index is 0.339. The van der Waals surface area contributed by atoms with Crippen LogP contribution in [-0.2, 0) is 11.3 Å². The summed E-state index contributed by atoms with van der Waals surface area (Å²) in [6.45, 7) is 8.38.